The molecule has 30 heavy (non-hydrogen) atoms. The van der Waals surface area contributed by atoms with Crippen molar-refractivity contribution in [3.63, 3.8) is 0 Å². The molecule has 0 spiro atoms. The van der Waals surface area contributed by atoms with Gasteiger partial charge < -0.3 is 15.4 Å². The highest BCUT2D eigenvalue weighted by atomic mass is 35.5. The van der Waals surface area contributed by atoms with Crippen molar-refractivity contribution in [3.8, 4) is 0 Å². The zero-order chi connectivity index (χ0) is 22.2. The van der Waals surface area contributed by atoms with Crippen LogP contribution < -0.4 is 10.6 Å². The van der Waals surface area contributed by atoms with Gasteiger partial charge in [-0.25, -0.2) is 9.59 Å². The third kappa shape index (κ3) is 3.66. The second-order valence-electron chi connectivity index (χ2n) is 6.95. The van der Waals surface area contributed by atoms with Crippen LogP contribution in [0.1, 0.15) is 33.3 Å². The SMILES string of the molecule is COC(=O)c1c(NC(=O)CN2C(=O)N[C@](C)(c3ccccc3Cl)C2=O)sc(C)c1C. The Kier molecular flexibility index (Phi) is 5.87. The number of aryl methyl sites for hydroxylation is 1. The van der Waals surface area contributed by atoms with E-state index < -0.39 is 35.9 Å². The summed E-state index contributed by atoms with van der Waals surface area (Å²) in [5, 5.41) is 5.86. The molecule has 0 bridgehead atoms. The van der Waals surface area contributed by atoms with E-state index in [-0.39, 0.29) is 5.56 Å². The smallest absolute Gasteiger partial charge is 0.341 e. The fraction of sp³-hybridized carbons (Fsp3) is 0.300. The van der Waals surface area contributed by atoms with Gasteiger partial charge in [0.2, 0.25) is 5.91 Å². The van der Waals surface area contributed by atoms with Gasteiger partial charge in [-0.1, -0.05) is 29.8 Å². The molecular formula is C20H20ClN3O5S. The largest absolute Gasteiger partial charge is 0.465 e. The molecule has 1 fully saturated rings. The van der Waals surface area contributed by atoms with Crippen molar-refractivity contribution in [1.82, 2.24) is 10.2 Å². The number of esters is 1. The van der Waals surface area contributed by atoms with Crippen molar-refractivity contribution < 1.29 is 23.9 Å². The number of rotatable bonds is 5. The number of hydrogen-bond donors (Lipinski definition) is 2. The lowest BCUT2D eigenvalue weighted by molar-refractivity contribution is -0.133. The van der Waals surface area contributed by atoms with Crippen LogP contribution in [0.15, 0.2) is 24.3 Å². The number of benzene rings is 1. The van der Waals surface area contributed by atoms with Gasteiger partial charge in [-0.2, -0.15) is 0 Å². The molecule has 0 saturated carbocycles. The monoisotopic (exact) mass is 449 g/mol. The van der Waals surface area contributed by atoms with Crippen LogP contribution in [0.2, 0.25) is 5.02 Å². The number of amides is 4. The third-order valence-corrected chi connectivity index (χ3v) is 6.47. The molecule has 2 heterocycles. The average Bonchev–Trinajstić information content (AvgIpc) is 3.09. The van der Waals surface area contributed by atoms with E-state index in [1.807, 2.05) is 6.92 Å². The number of imide groups is 1. The van der Waals surface area contributed by atoms with E-state index in [0.717, 1.165) is 9.78 Å². The van der Waals surface area contributed by atoms with Gasteiger partial charge in [0.15, 0.2) is 0 Å². The number of hydrogen-bond acceptors (Lipinski definition) is 6. The highest BCUT2D eigenvalue weighted by Gasteiger charge is 2.50. The molecule has 3 rings (SSSR count). The van der Waals surface area contributed by atoms with Crippen LogP contribution >= 0.6 is 22.9 Å². The molecule has 2 N–H and O–H groups in total. The highest BCUT2D eigenvalue weighted by molar-refractivity contribution is 7.16. The first-order chi connectivity index (χ1) is 14.1. The normalized spacial score (nSPS) is 18.4. The lowest BCUT2D eigenvalue weighted by Crippen LogP contribution is -2.42. The summed E-state index contributed by atoms with van der Waals surface area (Å²) in [5.74, 6) is -1.79. The van der Waals surface area contributed by atoms with E-state index in [1.54, 1.807) is 31.2 Å². The average molecular weight is 450 g/mol. The molecule has 1 aliphatic rings. The Morgan fingerprint density at radius 3 is 2.57 bits per heavy atom. The van der Waals surface area contributed by atoms with Gasteiger partial charge in [0.25, 0.3) is 5.91 Å². The molecule has 0 unspecified atom stereocenters. The summed E-state index contributed by atoms with van der Waals surface area (Å²) in [5.41, 5.74) is 0.00325. The fourth-order valence-electron chi connectivity index (χ4n) is 3.26. The summed E-state index contributed by atoms with van der Waals surface area (Å²) in [6.45, 7) is 4.59. The van der Waals surface area contributed by atoms with Crippen molar-refractivity contribution in [3.05, 3.63) is 50.9 Å². The maximum Gasteiger partial charge on any atom is 0.341 e. The maximum absolute atomic E-state index is 13.0. The zero-order valence-electron chi connectivity index (χ0n) is 16.8. The van der Waals surface area contributed by atoms with Crippen molar-refractivity contribution in [2.75, 3.05) is 19.0 Å². The number of nitrogens with zero attached hydrogens (tertiary/aromatic N) is 1. The fourth-order valence-corrected chi connectivity index (χ4v) is 4.65. The number of anilines is 1. The highest BCUT2D eigenvalue weighted by Crippen LogP contribution is 2.35. The van der Waals surface area contributed by atoms with Crippen molar-refractivity contribution in [2.45, 2.75) is 26.3 Å². The molecule has 1 aromatic heterocycles. The van der Waals surface area contributed by atoms with Gasteiger partial charge >= 0.3 is 12.0 Å². The minimum absolute atomic E-state index is 0.256. The van der Waals surface area contributed by atoms with Crippen LogP contribution in [0.4, 0.5) is 9.80 Å². The number of carbonyl (C=O) groups excluding carboxylic acids is 4. The summed E-state index contributed by atoms with van der Waals surface area (Å²) < 4.78 is 4.78. The maximum atomic E-state index is 13.0. The van der Waals surface area contributed by atoms with Gasteiger partial charge in [0, 0.05) is 15.5 Å². The van der Waals surface area contributed by atoms with E-state index in [2.05, 4.69) is 10.6 Å². The van der Waals surface area contributed by atoms with Gasteiger partial charge in [0.05, 0.1) is 12.7 Å². The predicted molar refractivity (Wildman–Crippen MR) is 113 cm³/mol. The molecule has 4 amide bonds. The molecule has 1 aliphatic heterocycles. The Labute approximate surface area is 182 Å². The lowest BCUT2D eigenvalue weighted by atomic mass is 9.92. The predicted octanol–water partition coefficient (Wildman–Crippen LogP) is 3.21. The molecule has 10 heteroatoms. The summed E-state index contributed by atoms with van der Waals surface area (Å²) in [7, 11) is 1.25. The minimum atomic E-state index is -1.39. The standard InChI is InChI=1S/C20H20ClN3O5S/c1-10-11(2)30-16(15(10)17(26)29-4)22-14(25)9-24-18(27)20(3,23-19(24)28)12-7-5-6-8-13(12)21/h5-8H,9H2,1-4H3,(H,22,25)(H,23,28)/t20-/m1/s1. The summed E-state index contributed by atoms with van der Waals surface area (Å²) in [6.07, 6.45) is 0. The van der Waals surface area contributed by atoms with Crippen molar-refractivity contribution >= 4 is 51.8 Å². The first-order valence-electron chi connectivity index (χ1n) is 8.97. The van der Waals surface area contributed by atoms with Gasteiger partial charge in [-0.15, -0.1) is 11.3 Å². The van der Waals surface area contributed by atoms with Gasteiger partial charge in [0.1, 0.15) is 17.1 Å². The van der Waals surface area contributed by atoms with Crippen LogP contribution in [-0.4, -0.2) is 42.4 Å². The van der Waals surface area contributed by atoms with E-state index in [9.17, 15) is 19.2 Å². The summed E-state index contributed by atoms with van der Waals surface area (Å²) >= 11 is 7.42. The number of urea groups is 1. The van der Waals surface area contributed by atoms with Crippen LogP contribution in [0, 0.1) is 13.8 Å². The number of carbonyl (C=O) groups is 4. The second kappa shape index (κ2) is 8.08. The molecule has 0 aliphatic carbocycles. The summed E-state index contributed by atoms with van der Waals surface area (Å²) in [4.78, 5) is 51.8. The van der Waals surface area contributed by atoms with Crippen molar-refractivity contribution in [2.24, 2.45) is 0 Å². The Morgan fingerprint density at radius 1 is 1.27 bits per heavy atom. The van der Waals surface area contributed by atoms with Gasteiger partial charge in [-0.05, 0) is 32.4 Å². The number of thiophene rings is 1. The van der Waals surface area contributed by atoms with Crippen LogP contribution in [0.3, 0.4) is 0 Å². The quantitative estimate of drug-likeness (QED) is 0.538. The van der Waals surface area contributed by atoms with E-state index in [1.165, 1.54) is 25.4 Å². The second-order valence-corrected chi connectivity index (χ2v) is 8.59. The molecule has 2 aromatic rings. The molecule has 1 saturated heterocycles. The first-order valence-corrected chi connectivity index (χ1v) is 10.2. The van der Waals surface area contributed by atoms with E-state index in [0.29, 0.717) is 21.2 Å². The molecule has 1 aromatic carbocycles. The minimum Gasteiger partial charge on any atom is -0.465 e. The van der Waals surface area contributed by atoms with Gasteiger partial charge in [-0.3, -0.25) is 14.5 Å². The van der Waals surface area contributed by atoms with Crippen LogP contribution in [0.5, 0.6) is 0 Å². The van der Waals surface area contributed by atoms with E-state index >= 15 is 0 Å². The Bertz CT molecular complexity index is 1070. The lowest BCUT2D eigenvalue weighted by Gasteiger charge is -2.23. The topological polar surface area (TPSA) is 105 Å². The Balaban J connectivity index is 1.81. The van der Waals surface area contributed by atoms with E-state index in [4.69, 9.17) is 16.3 Å². The number of methoxy groups -OCH3 is 1. The van der Waals surface area contributed by atoms with Crippen LogP contribution in [-0.2, 0) is 19.9 Å². The molecular weight excluding hydrogens is 430 g/mol. The Hall–Kier alpha value is -2.91. The molecule has 1 atom stereocenters. The van der Waals surface area contributed by atoms with Crippen molar-refractivity contribution in [1.29, 1.82) is 0 Å². The third-order valence-electron chi connectivity index (χ3n) is 5.02. The number of halogens is 1. The van der Waals surface area contributed by atoms with Crippen LogP contribution in [0.25, 0.3) is 0 Å². The first kappa shape index (κ1) is 21.8. The molecule has 158 valence electrons. The number of nitrogens with one attached hydrogen (secondary N) is 2. The summed E-state index contributed by atoms with van der Waals surface area (Å²) in [6, 6.07) is 5.98. The Morgan fingerprint density at radius 2 is 1.93 bits per heavy atom. The number of ether oxygens (including phenoxy) is 1. The molecule has 0 radical (unpaired) electrons. The zero-order valence-corrected chi connectivity index (χ0v) is 18.4. The molecule has 8 nitrogen and oxygen atoms in total.